The Hall–Kier alpha value is -4.35. The van der Waals surface area contributed by atoms with Crippen LogP contribution in [-0.4, -0.2) is 67.1 Å². The van der Waals surface area contributed by atoms with E-state index in [1.54, 1.807) is 55.5 Å². The van der Waals surface area contributed by atoms with Crippen molar-refractivity contribution in [3.63, 3.8) is 0 Å². The summed E-state index contributed by atoms with van der Waals surface area (Å²) in [5.41, 5.74) is 1.05. The Morgan fingerprint density at radius 3 is 2.17 bits per heavy atom. The normalized spacial score (nSPS) is 16.9. The van der Waals surface area contributed by atoms with Crippen molar-refractivity contribution in [2.75, 3.05) is 33.5 Å². The highest BCUT2D eigenvalue weighted by atomic mass is 35.5. The quantitative estimate of drug-likeness (QED) is 0.181. The zero-order valence-corrected chi connectivity index (χ0v) is 22.8. The van der Waals surface area contributed by atoms with Gasteiger partial charge in [0.15, 0.2) is 0 Å². The lowest BCUT2D eigenvalue weighted by Crippen LogP contribution is -2.36. The number of methoxy groups -OCH3 is 1. The Morgan fingerprint density at radius 2 is 1.60 bits per heavy atom. The molecule has 40 heavy (non-hydrogen) atoms. The van der Waals surface area contributed by atoms with Gasteiger partial charge >= 0.3 is 11.9 Å². The van der Waals surface area contributed by atoms with Crippen LogP contribution >= 0.6 is 11.6 Å². The first-order valence-electron chi connectivity index (χ1n) is 12.4. The molecule has 4 rings (SSSR count). The summed E-state index contributed by atoms with van der Waals surface area (Å²) in [5, 5.41) is 4.20. The van der Waals surface area contributed by atoms with Crippen molar-refractivity contribution in [1.82, 2.24) is 9.91 Å². The largest absolute Gasteiger partial charge is 0.466 e. The van der Waals surface area contributed by atoms with Gasteiger partial charge in [0.2, 0.25) is 0 Å². The van der Waals surface area contributed by atoms with E-state index in [2.05, 4.69) is 5.29 Å². The van der Waals surface area contributed by atoms with E-state index in [0.717, 1.165) is 9.91 Å². The van der Waals surface area contributed by atoms with E-state index in [9.17, 15) is 24.1 Å². The number of benzene rings is 2. The SMILES string of the molecule is CCOC(=O)C1=C(COCCN2C(=O)c3ccccc3C2=O)N(N=O)C(C)=C(C(=O)OC)C1c1ccccc1Cl. The Kier molecular flexibility index (Phi) is 8.76. The molecule has 0 bridgehead atoms. The van der Waals surface area contributed by atoms with Crippen LogP contribution < -0.4 is 0 Å². The summed E-state index contributed by atoms with van der Waals surface area (Å²) in [5.74, 6) is -3.54. The second-order valence-electron chi connectivity index (χ2n) is 8.78. The molecule has 0 fully saturated rings. The zero-order valence-electron chi connectivity index (χ0n) is 22.0. The number of hydrogen-bond acceptors (Lipinski definition) is 9. The van der Waals surface area contributed by atoms with E-state index in [1.807, 2.05) is 0 Å². The zero-order chi connectivity index (χ0) is 29.0. The molecule has 1 atom stereocenters. The second-order valence-corrected chi connectivity index (χ2v) is 9.19. The molecule has 2 aromatic rings. The lowest BCUT2D eigenvalue weighted by atomic mass is 9.80. The van der Waals surface area contributed by atoms with Crippen molar-refractivity contribution in [3.8, 4) is 0 Å². The van der Waals surface area contributed by atoms with Crippen molar-refractivity contribution in [1.29, 1.82) is 0 Å². The summed E-state index contributed by atoms with van der Waals surface area (Å²) in [6.45, 7) is 2.59. The van der Waals surface area contributed by atoms with Crippen LogP contribution in [-0.2, 0) is 23.8 Å². The predicted molar refractivity (Wildman–Crippen MR) is 143 cm³/mol. The van der Waals surface area contributed by atoms with Gasteiger partial charge in [-0.15, -0.1) is 4.91 Å². The Labute approximate surface area is 234 Å². The molecular formula is C28H26ClN3O8. The van der Waals surface area contributed by atoms with Crippen LogP contribution in [0.25, 0.3) is 0 Å². The maximum atomic E-state index is 13.4. The number of nitrogens with zero attached hydrogens (tertiary/aromatic N) is 3. The molecule has 0 saturated carbocycles. The molecule has 0 aliphatic carbocycles. The highest BCUT2D eigenvalue weighted by Crippen LogP contribution is 2.45. The van der Waals surface area contributed by atoms with E-state index in [1.165, 1.54) is 14.0 Å². The van der Waals surface area contributed by atoms with Crippen molar-refractivity contribution in [3.05, 3.63) is 97.7 Å². The summed E-state index contributed by atoms with van der Waals surface area (Å²) in [4.78, 5) is 64.8. The highest BCUT2D eigenvalue weighted by Gasteiger charge is 2.43. The monoisotopic (exact) mass is 567 g/mol. The lowest BCUT2D eigenvalue weighted by Gasteiger charge is -2.34. The average Bonchev–Trinajstić information content (AvgIpc) is 3.19. The maximum absolute atomic E-state index is 13.4. The van der Waals surface area contributed by atoms with Crippen molar-refractivity contribution >= 4 is 35.4 Å². The van der Waals surface area contributed by atoms with E-state index in [-0.39, 0.29) is 53.9 Å². The number of imide groups is 1. The molecule has 0 aromatic heterocycles. The smallest absolute Gasteiger partial charge is 0.336 e. The van der Waals surface area contributed by atoms with Crippen LogP contribution in [0.1, 0.15) is 46.0 Å². The minimum Gasteiger partial charge on any atom is -0.466 e. The van der Waals surface area contributed by atoms with Gasteiger partial charge in [-0.3, -0.25) is 14.5 Å². The minimum absolute atomic E-state index is 0.0101. The summed E-state index contributed by atoms with van der Waals surface area (Å²) in [7, 11) is 1.18. The number of nitroso groups, excluding NO2 is 1. The topological polar surface area (TPSA) is 132 Å². The first kappa shape index (κ1) is 28.7. The summed E-state index contributed by atoms with van der Waals surface area (Å²) in [6, 6.07) is 13.1. The van der Waals surface area contributed by atoms with Crippen LogP contribution in [0.5, 0.6) is 0 Å². The molecule has 208 valence electrons. The minimum atomic E-state index is -1.06. The number of halogens is 1. The van der Waals surface area contributed by atoms with Gasteiger partial charge in [0.25, 0.3) is 11.8 Å². The van der Waals surface area contributed by atoms with Gasteiger partial charge in [0, 0.05) is 5.02 Å². The van der Waals surface area contributed by atoms with Gasteiger partial charge in [0.05, 0.1) is 78.3 Å². The third-order valence-corrected chi connectivity index (χ3v) is 6.97. The Morgan fingerprint density at radius 1 is 0.975 bits per heavy atom. The molecule has 2 aliphatic heterocycles. The average molecular weight is 568 g/mol. The summed E-state index contributed by atoms with van der Waals surface area (Å²) >= 11 is 6.50. The number of allylic oxidation sites excluding steroid dienone is 1. The van der Waals surface area contributed by atoms with E-state index >= 15 is 0 Å². The number of fused-ring (bicyclic) bond motifs is 1. The number of amides is 2. The molecule has 0 N–H and O–H groups in total. The highest BCUT2D eigenvalue weighted by molar-refractivity contribution is 6.31. The third-order valence-electron chi connectivity index (χ3n) is 6.63. The van der Waals surface area contributed by atoms with Crippen LogP contribution in [0.4, 0.5) is 0 Å². The molecule has 11 nitrogen and oxygen atoms in total. The molecule has 2 heterocycles. The van der Waals surface area contributed by atoms with Gasteiger partial charge in [-0.05, 0) is 37.6 Å². The standard InChI is InChI=1S/C28H26ClN3O8/c1-4-40-28(36)24-21(15-39-14-13-31-25(33)17-9-5-6-10-18(17)26(31)34)32(30-37)16(2)22(27(35)38-3)23(24)19-11-7-8-12-20(19)29/h5-12,23H,4,13-15H2,1-3H3. The van der Waals surface area contributed by atoms with E-state index in [0.29, 0.717) is 16.7 Å². The number of rotatable bonds is 10. The van der Waals surface area contributed by atoms with Crippen LogP contribution in [0.2, 0.25) is 5.02 Å². The van der Waals surface area contributed by atoms with E-state index < -0.39 is 29.7 Å². The van der Waals surface area contributed by atoms with Crippen molar-refractivity contribution in [2.24, 2.45) is 5.29 Å². The molecule has 0 radical (unpaired) electrons. The molecule has 0 spiro atoms. The van der Waals surface area contributed by atoms with Crippen LogP contribution in [0.15, 0.2) is 76.4 Å². The van der Waals surface area contributed by atoms with Gasteiger partial charge in [-0.25, -0.2) is 14.6 Å². The van der Waals surface area contributed by atoms with Crippen LogP contribution in [0.3, 0.4) is 0 Å². The fourth-order valence-electron chi connectivity index (χ4n) is 4.81. The molecule has 2 amide bonds. The fourth-order valence-corrected chi connectivity index (χ4v) is 5.05. The molecule has 1 unspecified atom stereocenters. The Bertz CT molecular complexity index is 1420. The first-order valence-corrected chi connectivity index (χ1v) is 12.7. The number of ether oxygens (including phenoxy) is 3. The van der Waals surface area contributed by atoms with Crippen molar-refractivity contribution in [2.45, 2.75) is 19.8 Å². The van der Waals surface area contributed by atoms with Gasteiger partial charge in [-0.2, -0.15) is 0 Å². The summed E-state index contributed by atoms with van der Waals surface area (Å²) in [6.07, 6.45) is 0. The molecule has 2 aliphatic rings. The van der Waals surface area contributed by atoms with Crippen LogP contribution in [0, 0.1) is 4.91 Å². The first-order chi connectivity index (χ1) is 19.3. The van der Waals surface area contributed by atoms with Gasteiger partial charge in [-0.1, -0.05) is 41.9 Å². The maximum Gasteiger partial charge on any atom is 0.336 e. The number of esters is 2. The third kappa shape index (κ3) is 5.13. The molecule has 12 heteroatoms. The lowest BCUT2D eigenvalue weighted by molar-refractivity contribution is -0.139. The molecule has 2 aromatic carbocycles. The van der Waals surface area contributed by atoms with Gasteiger partial charge < -0.3 is 14.2 Å². The number of carbonyl (C=O) groups excluding carboxylic acids is 4. The van der Waals surface area contributed by atoms with Crippen molar-refractivity contribution < 1.29 is 33.4 Å². The molecule has 0 saturated heterocycles. The predicted octanol–water partition coefficient (Wildman–Crippen LogP) is 4.00. The Balaban J connectivity index is 1.69. The fraction of sp³-hybridized carbons (Fsp3) is 0.286. The number of hydrogen-bond donors (Lipinski definition) is 0. The second kappa shape index (κ2) is 12.2. The molecular weight excluding hydrogens is 542 g/mol. The van der Waals surface area contributed by atoms with Gasteiger partial charge in [0.1, 0.15) is 0 Å². The summed E-state index contributed by atoms with van der Waals surface area (Å²) < 4.78 is 16.1. The number of carbonyl (C=O) groups is 4. The van der Waals surface area contributed by atoms with E-state index in [4.69, 9.17) is 25.8 Å².